The summed E-state index contributed by atoms with van der Waals surface area (Å²) >= 11 is 0. The van der Waals surface area contributed by atoms with Crippen LogP contribution in [0.5, 0.6) is 5.75 Å². The molecule has 0 unspecified atom stereocenters. The third-order valence-electron chi connectivity index (χ3n) is 2.93. The number of carbonyl (C=O) groups is 1. The van der Waals surface area contributed by atoms with E-state index < -0.39 is 5.97 Å². The van der Waals surface area contributed by atoms with Gasteiger partial charge in [-0.15, -0.1) is 0 Å². The van der Waals surface area contributed by atoms with Crippen LogP contribution in [0, 0.1) is 6.92 Å². The van der Waals surface area contributed by atoms with Gasteiger partial charge in [-0.2, -0.15) is 0 Å². The van der Waals surface area contributed by atoms with Crippen LogP contribution in [0.15, 0.2) is 22.9 Å². The van der Waals surface area contributed by atoms with Gasteiger partial charge in [-0.05, 0) is 13.3 Å². The Labute approximate surface area is 123 Å². The van der Waals surface area contributed by atoms with Gasteiger partial charge in [0.2, 0.25) is 0 Å². The third-order valence-corrected chi connectivity index (χ3v) is 2.93. The van der Waals surface area contributed by atoms with E-state index in [9.17, 15) is 4.79 Å². The summed E-state index contributed by atoms with van der Waals surface area (Å²) in [5.74, 6) is 0.0157. The highest BCUT2D eigenvalue weighted by Gasteiger charge is 2.20. The summed E-state index contributed by atoms with van der Waals surface area (Å²) in [4.78, 5) is 16.4. The molecule has 0 amide bonds. The number of esters is 1. The summed E-state index contributed by atoms with van der Waals surface area (Å²) in [5, 5.41) is 3.78. The first-order valence-electron chi connectivity index (χ1n) is 6.76. The number of rotatable bonds is 6. The lowest BCUT2D eigenvalue weighted by Crippen LogP contribution is -2.12. The largest absolute Gasteiger partial charge is 0.486 e. The van der Waals surface area contributed by atoms with Gasteiger partial charge in [-0.3, -0.25) is 4.98 Å². The first-order valence-corrected chi connectivity index (χ1v) is 6.76. The van der Waals surface area contributed by atoms with E-state index in [1.54, 1.807) is 12.1 Å². The lowest BCUT2D eigenvalue weighted by molar-refractivity contribution is 0.0593. The van der Waals surface area contributed by atoms with E-state index in [0.717, 1.165) is 12.1 Å². The Balaban J connectivity index is 2.34. The van der Waals surface area contributed by atoms with Crippen molar-refractivity contribution in [3.8, 4) is 5.75 Å². The van der Waals surface area contributed by atoms with Crippen LogP contribution in [0.4, 0.5) is 0 Å². The second-order valence-electron chi connectivity index (χ2n) is 4.60. The lowest BCUT2D eigenvalue weighted by Gasteiger charge is -2.13. The van der Waals surface area contributed by atoms with Crippen molar-refractivity contribution in [2.45, 2.75) is 33.3 Å². The maximum atomic E-state index is 12.0. The predicted molar refractivity (Wildman–Crippen MR) is 75.1 cm³/mol. The number of nitrogens with zero attached hydrogens (tertiary/aromatic N) is 2. The van der Waals surface area contributed by atoms with E-state index in [1.807, 2.05) is 13.8 Å². The second-order valence-corrected chi connectivity index (χ2v) is 4.60. The molecular formula is C15H18N2O4. The standard InChI is InChI=1S/C15H18N2O4/c1-4-5-12-14(15(18)19-3)13(8-10(2)16-12)20-9-11-6-7-21-17-11/h6-8H,4-5,9H2,1-3H3. The number of aromatic nitrogens is 2. The molecule has 6 heteroatoms. The molecule has 2 heterocycles. The zero-order valence-corrected chi connectivity index (χ0v) is 12.4. The fraction of sp³-hybridized carbons (Fsp3) is 0.400. The molecule has 0 bridgehead atoms. The van der Waals surface area contributed by atoms with Gasteiger partial charge < -0.3 is 14.0 Å². The first kappa shape index (κ1) is 15.0. The maximum absolute atomic E-state index is 12.0. The molecule has 0 aliphatic rings. The fourth-order valence-corrected chi connectivity index (χ4v) is 2.02. The van der Waals surface area contributed by atoms with Crippen molar-refractivity contribution < 1.29 is 18.8 Å². The van der Waals surface area contributed by atoms with Crippen molar-refractivity contribution in [3.63, 3.8) is 0 Å². The molecule has 112 valence electrons. The highest BCUT2D eigenvalue weighted by Crippen LogP contribution is 2.25. The Morgan fingerprint density at radius 1 is 1.43 bits per heavy atom. The Kier molecular flexibility index (Phi) is 4.92. The summed E-state index contributed by atoms with van der Waals surface area (Å²) in [6, 6.07) is 3.43. The van der Waals surface area contributed by atoms with Crippen LogP contribution < -0.4 is 4.74 Å². The van der Waals surface area contributed by atoms with Gasteiger partial charge in [0.25, 0.3) is 0 Å². The fourth-order valence-electron chi connectivity index (χ4n) is 2.02. The van der Waals surface area contributed by atoms with Gasteiger partial charge in [-0.25, -0.2) is 4.79 Å². The smallest absolute Gasteiger partial charge is 0.343 e. The van der Waals surface area contributed by atoms with E-state index >= 15 is 0 Å². The molecule has 0 spiro atoms. The van der Waals surface area contributed by atoms with Gasteiger partial charge in [0.15, 0.2) is 0 Å². The minimum Gasteiger partial charge on any atom is -0.486 e. The van der Waals surface area contributed by atoms with Gasteiger partial charge in [-0.1, -0.05) is 18.5 Å². The van der Waals surface area contributed by atoms with Crippen molar-refractivity contribution in [2.75, 3.05) is 7.11 Å². The van der Waals surface area contributed by atoms with Crippen LogP contribution in [0.25, 0.3) is 0 Å². The maximum Gasteiger partial charge on any atom is 0.343 e. The van der Waals surface area contributed by atoms with Crippen molar-refractivity contribution in [2.24, 2.45) is 0 Å². The molecule has 6 nitrogen and oxygen atoms in total. The van der Waals surface area contributed by atoms with Crippen LogP contribution in [-0.2, 0) is 17.8 Å². The Morgan fingerprint density at radius 2 is 2.24 bits per heavy atom. The molecule has 0 saturated heterocycles. The Morgan fingerprint density at radius 3 is 2.86 bits per heavy atom. The van der Waals surface area contributed by atoms with Crippen molar-refractivity contribution in [3.05, 3.63) is 41.0 Å². The molecule has 0 aliphatic heterocycles. The normalized spacial score (nSPS) is 10.4. The van der Waals surface area contributed by atoms with Crippen LogP contribution in [0.2, 0.25) is 0 Å². The molecule has 0 aromatic carbocycles. The number of pyridine rings is 1. The van der Waals surface area contributed by atoms with Gasteiger partial charge in [0.05, 0.1) is 12.8 Å². The zero-order chi connectivity index (χ0) is 15.2. The van der Waals surface area contributed by atoms with Crippen molar-refractivity contribution >= 4 is 5.97 Å². The highest BCUT2D eigenvalue weighted by molar-refractivity contribution is 5.93. The number of hydrogen-bond acceptors (Lipinski definition) is 6. The molecule has 2 aromatic heterocycles. The minimum atomic E-state index is -0.443. The molecule has 0 aliphatic carbocycles. The second kappa shape index (κ2) is 6.88. The van der Waals surface area contributed by atoms with E-state index in [4.69, 9.17) is 14.0 Å². The highest BCUT2D eigenvalue weighted by atomic mass is 16.5. The molecule has 0 fully saturated rings. The third kappa shape index (κ3) is 3.59. The summed E-state index contributed by atoms with van der Waals surface area (Å²) in [7, 11) is 1.35. The average molecular weight is 290 g/mol. The van der Waals surface area contributed by atoms with Crippen LogP contribution in [0.3, 0.4) is 0 Å². The van der Waals surface area contributed by atoms with Crippen LogP contribution in [0.1, 0.15) is 40.8 Å². The van der Waals surface area contributed by atoms with E-state index in [-0.39, 0.29) is 6.61 Å². The summed E-state index contributed by atoms with van der Waals surface area (Å²) in [6.45, 7) is 4.11. The quantitative estimate of drug-likeness (QED) is 0.761. The average Bonchev–Trinajstić information content (AvgIpc) is 2.97. The van der Waals surface area contributed by atoms with Gasteiger partial charge in [0, 0.05) is 17.8 Å². The van der Waals surface area contributed by atoms with E-state index in [0.29, 0.717) is 29.1 Å². The molecule has 0 N–H and O–H groups in total. The molecule has 21 heavy (non-hydrogen) atoms. The van der Waals surface area contributed by atoms with Crippen LogP contribution >= 0.6 is 0 Å². The molecule has 0 atom stereocenters. The first-order chi connectivity index (χ1) is 10.2. The molecule has 2 rings (SSSR count). The Hall–Kier alpha value is -2.37. The lowest BCUT2D eigenvalue weighted by atomic mass is 10.1. The molecule has 0 saturated carbocycles. The van der Waals surface area contributed by atoms with E-state index in [2.05, 4.69) is 10.1 Å². The monoisotopic (exact) mass is 290 g/mol. The molecule has 0 radical (unpaired) electrons. The molecule has 2 aromatic rings. The Bertz CT molecular complexity index is 608. The number of aryl methyl sites for hydroxylation is 2. The minimum absolute atomic E-state index is 0.218. The summed E-state index contributed by atoms with van der Waals surface area (Å²) in [5.41, 5.74) is 2.52. The summed E-state index contributed by atoms with van der Waals surface area (Å²) in [6.07, 6.45) is 3.04. The van der Waals surface area contributed by atoms with Crippen LogP contribution in [-0.4, -0.2) is 23.2 Å². The number of ether oxygens (including phenoxy) is 2. The van der Waals surface area contributed by atoms with Gasteiger partial charge in [0.1, 0.15) is 29.9 Å². The van der Waals surface area contributed by atoms with Gasteiger partial charge >= 0.3 is 5.97 Å². The predicted octanol–water partition coefficient (Wildman–Crippen LogP) is 2.70. The SMILES string of the molecule is CCCc1nc(C)cc(OCc2ccon2)c1C(=O)OC. The number of hydrogen-bond donors (Lipinski definition) is 0. The number of carbonyl (C=O) groups excluding carboxylic acids is 1. The number of methoxy groups -OCH3 is 1. The zero-order valence-electron chi connectivity index (χ0n) is 12.4. The summed E-state index contributed by atoms with van der Waals surface area (Å²) < 4.78 is 15.3. The van der Waals surface area contributed by atoms with Crippen molar-refractivity contribution in [1.82, 2.24) is 10.1 Å². The van der Waals surface area contributed by atoms with Crippen molar-refractivity contribution in [1.29, 1.82) is 0 Å². The van der Waals surface area contributed by atoms with E-state index in [1.165, 1.54) is 13.4 Å². The topological polar surface area (TPSA) is 74.5 Å². The molecular weight excluding hydrogens is 272 g/mol.